The summed E-state index contributed by atoms with van der Waals surface area (Å²) in [4.78, 5) is 4.70. The van der Waals surface area contributed by atoms with Gasteiger partial charge in [-0.3, -0.25) is 4.99 Å². The predicted octanol–water partition coefficient (Wildman–Crippen LogP) is 2.33. The summed E-state index contributed by atoms with van der Waals surface area (Å²) < 4.78 is 22.5. The Morgan fingerprint density at radius 3 is 2.38 bits per heavy atom. The van der Waals surface area contributed by atoms with Crippen LogP contribution >= 0.6 is 24.0 Å². The topological polar surface area (TPSA) is 70.6 Å². The number of nitrogens with zero attached hydrogens (tertiary/aromatic N) is 1. The molecular formula is C17H28IN3O2S. The molecule has 1 aromatic carbocycles. The molecule has 0 bridgehead atoms. The predicted molar refractivity (Wildman–Crippen MR) is 111 cm³/mol. The second-order valence-corrected chi connectivity index (χ2v) is 8.51. The third-order valence-electron chi connectivity index (χ3n) is 4.35. The number of aliphatic imine (C=N–C) groups is 1. The summed E-state index contributed by atoms with van der Waals surface area (Å²) in [5.41, 5.74) is 1.49. The third kappa shape index (κ3) is 6.23. The van der Waals surface area contributed by atoms with Crippen LogP contribution in [-0.2, 0) is 15.3 Å². The highest BCUT2D eigenvalue weighted by Gasteiger charge is 2.38. The molecule has 0 heterocycles. The fourth-order valence-electron chi connectivity index (χ4n) is 2.86. The van der Waals surface area contributed by atoms with Crippen molar-refractivity contribution in [2.45, 2.75) is 31.6 Å². The summed E-state index contributed by atoms with van der Waals surface area (Å²) in [5, 5.41) is 6.29. The van der Waals surface area contributed by atoms with E-state index in [1.807, 2.05) is 13.0 Å². The monoisotopic (exact) mass is 465 g/mol. The van der Waals surface area contributed by atoms with Crippen molar-refractivity contribution in [2.75, 3.05) is 31.6 Å². The standard InChI is InChI=1S/C17H27N3O2S.HI/c1-3-18-16(19-12-13-23(2,21)22)20-14-17(10-7-11-17)15-8-5-4-6-9-15;/h4-6,8-9H,3,7,10-14H2,1-2H3,(H2,18,19,20);1H. The van der Waals surface area contributed by atoms with Gasteiger partial charge in [0.05, 0.1) is 12.3 Å². The van der Waals surface area contributed by atoms with E-state index in [9.17, 15) is 8.42 Å². The molecule has 0 saturated heterocycles. The maximum atomic E-state index is 11.2. The van der Waals surface area contributed by atoms with Crippen molar-refractivity contribution in [2.24, 2.45) is 4.99 Å². The van der Waals surface area contributed by atoms with Gasteiger partial charge in [0.2, 0.25) is 0 Å². The van der Waals surface area contributed by atoms with Gasteiger partial charge >= 0.3 is 0 Å². The van der Waals surface area contributed by atoms with Crippen LogP contribution < -0.4 is 10.6 Å². The zero-order valence-corrected chi connectivity index (χ0v) is 17.6. The molecule has 1 aliphatic carbocycles. The van der Waals surface area contributed by atoms with E-state index in [0.29, 0.717) is 12.5 Å². The molecule has 1 saturated carbocycles. The fourth-order valence-corrected chi connectivity index (χ4v) is 3.33. The van der Waals surface area contributed by atoms with E-state index in [4.69, 9.17) is 4.99 Å². The molecule has 1 aliphatic rings. The molecule has 0 atom stereocenters. The van der Waals surface area contributed by atoms with Crippen molar-refractivity contribution in [3.8, 4) is 0 Å². The zero-order chi connectivity index (χ0) is 16.8. The van der Waals surface area contributed by atoms with Crippen molar-refractivity contribution in [3.63, 3.8) is 0 Å². The summed E-state index contributed by atoms with van der Waals surface area (Å²) >= 11 is 0. The van der Waals surface area contributed by atoms with E-state index >= 15 is 0 Å². The lowest BCUT2D eigenvalue weighted by molar-refractivity contribution is 0.253. The van der Waals surface area contributed by atoms with E-state index in [1.54, 1.807) is 0 Å². The minimum absolute atomic E-state index is 0. The van der Waals surface area contributed by atoms with Gasteiger partial charge in [-0.1, -0.05) is 36.8 Å². The zero-order valence-electron chi connectivity index (χ0n) is 14.4. The quantitative estimate of drug-likeness (QED) is 0.369. The van der Waals surface area contributed by atoms with Crippen LogP contribution in [0.25, 0.3) is 0 Å². The van der Waals surface area contributed by atoms with Gasteiger partial charge in [0.1, 0.15) is 9.84 Å². The van der Waals surface area contributed by atoms with Gasteiger partial charge in [0.25, 0.3) is 0 Å². The summed E-state index contributed by atoms with van der Waals surface area (Å²) in [6, 6.07) is 10.6. The number of guanidine groups is 1. The SMILES string of the molecule is CCNC(=NCC1(c2ccccc2)CCC1)NCCS(C)(=O)=O.I. The molecule has 0 aliphatic heterocycles. The number of nitrogens with one attached hydrogen (secondary N) is 2. The molecule has 1 aromatic rings. The lowest BCUT2D eigenvalue weighted by Crippen LogP contribution is -2.42. The van der Waals surface area contributed by atoms with Gasteiger partial charge in [-0.05, 0) is 25.3 Å². The number of rotatable bonds is 7. The summed E-state index contributed by atoms with van der Waals surface area (Å²) in [7, 11) is -2.96. The normalized spacial score (nSPS) is 16.7. The number of hydrogen-bond donors (Lipinski definition) is 2. The lowest BCUT2D eigenvalue weighted by Gasteiger charge is -2.41. The minimum Gasteiger partial charge on any atom is -0.357 e. The molecule has 24 heavy (non-hydrogen) atoms. The Labute approximate surface area is 162 Å². The Morgan fingerprint density at radius 1 is 1.21 bits per heavy atom. The number of hydrogen-bond acceptors (Lipinski definition) is 3. The van der Waals surface area contributed by atoms with Crippen LogP contribution in [0.15, 0.2) is 35.3 Å². The molecule has 136 valence electrons. The molecule has 2 N–H and O–H groups in total. The highest BCUT2D eigenvalue weighted by atomic mass is 127. The molecule has 2 rings (SSSR count). The summed E-state index contributed by atoms with van der Waals surface area (Å²) in [5.74, 6) is 0.805. The van der Waals surface area contributed by atoms with Crippen molar-refractivity contribution in [1.82, 2.24) is 10.6 Å². The Bertz CT molecular complexity index is 628. The number of halogens is 1. The first kappa shape index (κ1) is 21.2. The molecule has 0 spiro atoms. The van der Waals surface area contributed by atoms with Crippen LogP contribution in [0.2, 0.25) is 0 Å². The average molecular weight is 465 g/mol. The maximum absolute atomic E-state index is 11.2. The summed E-state index contributed by atoms with van der Waals surface area (Å²) in [6.45, 7) is 3.86. The second-order valence-electron chi connectivity index (χ2n) is 6.25. The van der Waals surface area contributed by atoms with Crippen LogP contribution in [0.1, 0.15) is 31.7 Å². The first-order chi connectivity index (χ1) is 11.0. The van der Waals surface area contributed by atoms with E-state index < -0.39 is 9.84 Å². The number of sulfone groups is 1. The maximum Gasteiger partial charge on any atom is 0.191 e. The molecule has 0 amide bonds. The van der Waals surface area contributed by atoms with E-state index in [0.717, 1.165) is 25.9 Å². The summed E-state index contributed by atoms with van der Waals surface area (Å²) in [6.07, 6.45) is 4.80. The molecule has 0 unspecified atom stereocenters. The van der Waals surface area contributed by atoms with E-state index in [2.05, 4.69) is 34.9 Å². The first-order valence-corrected chi connectivity index (χ1v) is 10.3. The third-order valence-corrected chi connectivity index (χ3v) is 5.29. The Hall–Kier alpha value is -0.830. The first-order valence-electron chi connectivity index (χ1n) is 8.21. The van der Waals surface area contributed by atoms with Gasteiger partial charge in [-0.15, -0.1) is 24.0 Å². The molecule has 5 nitrogen and oxygen atoms in total. The van der Waals surface area contributed by atoms with Gasteiger partial charge in [-0.2, -0.15) is 0 Å². The van der Waals surface area contributed by atoms with Crippen molar-refractivity contribution < 1.29 is 8.42 Å². The van der Waals surface area contributed by atoms with Crippen molar-refractivity contribution in [1.29, 1.82) is 0 Å². The van der Waals surface area contributed by atoms with Gasteiger partial charge in [0.15, 0.2) is 5.96 Å². The Balaban J connectivity index is 0.00000288. The van der Waals surface area contributed by atoms with Gasteiger partial charge in [-0.25, -0.2) is 8.42 Å². The van der Waals surface area contributed by atoms with Crippen LogP contribution in [0, 0.1) is 0 Å². The van der Waals surface area contributed by atoms with Gasteiger partial charge in [0, 0.05) is 24.8 Å². The highest BCUT2D eigenvalue weighted by molar-refractivity contribution is 14.0. The largest absolute Gasteiger partial charge is 0.357 e. The van der Waals surface area contributed by atoms with Crippen molar-refractivity contribution in [3.05, 3.63) is 35.9 Å². The van der Waals surface area contributed by atoms with Crippen LogP contribution in [0.5, 0.6) is 0 Å². The Morgan fingerprint density at radius 2 is 1.88 bits per heavy atom. The van der Waals surface area contributed by atoms with Crippen LogP contribution in [-0.4, -0.2) is 46.0 Å². The second kappa shape index (κ2) is 9.60. The molecule has 0 aromatic heterocycles. The average Bonchev–Trinajstić information content (AvgIpc) is 2.46. The smallest absolute Gasteiger partial charge is 0.191 e. The van der Waals surface area contributed by atoms with Crippen LogP contribution in [0.3, 0.4) is 0 Å². The van der Waals surface area contributed by atoms with E-state index in [-0.39, 0.29) is 35.1 Å². The Kier molecular flexibility index (Phi) is 8.49. The van der Waals surface area contributed by atoms with E-state index in [1.165, 1.54) is 18.2 Å². The molecular weight excluding hydrogens is 437 g/mol. The molecule has 0 radical (unpaired) electrons. The minimum atomic E-state index is -2.96. The lowest BCUT2D eigenvalue weighted by atomic mass is 9.64. The highest BCUT2D eigenvalue weighted by Crippen LogP contribution is 2.43. The fraction of sp³-hybridized carbons (Fsp3) is 0.588. The van der Waals surface area contributed by atoms with Gasteiger partial charge < -0.3 is 10.6 Å². The van der Waals surface area contributed by atoms with Crippen LogP contribution in [0.4, 0.5) is 0 Å². The molecule has 1 fully saturated rings. The number of benzene rings is 1. The van der Waals surface area contributed by atoms with Crippen molar-refractivity contribution >= 4 is 39.8 Å². The molecule has 7 heteroatoms.